The van der Waals surface area contributed by atoms with Crippen LogP contribution in [0.5, 0.6) is 0 Å². The first-order valence-corrected chi connectivity index (χ1v) is 6.80. The first kappa shape index (κ1) is 13.0. The fraction of sp³-hybridized carbons (Fsp3) is 0.857. The van der Waals surface area contributed by atoms with Gasteiger partial charge in [0.15, 0.2) is 11.1 Å². The second kappa shape index (κ2) is 4.69. The van der Waals surface area contributed by atoms with Crippen molar-refractivity contribution in [3.63, 3.8) is 0 Å². The minimum Gasteiger partial charge on any atom is -0.196 e. The molecule has 2 saturated carbocycles. The van der Waals surface area contributed by atoms with Gasteiger partial charge >= 0.3 is 0 Å². The van der Waals surface area contributed by atoms with E-state index < -0.39 is 11.1 Å². The van der Waals surface area contributed by atoms with Gasteiger partial charge in [-0.3, -0.25) is 0 Å². The van der Waals surface area contributed by atoms with Gasteiger partial charge in [-0.1, -0.05) is 12.8 Å². The van der Waals surface area contributed by atoms with Crippen LogP contribution in [0, 0.1) is 34.5 Å². The fourth-order valence-corrected chi connectivity index (χ4v) is 2.54. The number of hydrogen-bond acceptors (Lipinski definition) is 4. The van der Waals surface area contributed by atoms with Crippen LogP contribution in [0.1, 0.15) is 52.4 Å². The van der Waals surface area contributed by atoms with Crippen molar-refractivity contribution in [3.05, 3.63) is 0 Å². The van der Waals surface area contributed by atoms with Gasteiger partial charge in [0.25, 0.3) is 0 Å². The average molecular weight is 244 g/mol. The van der Waals surface area contributed by atoms with Crippen LogP contribution in [-0.2, 0) is 0 Å². The number of nitrogens with zero attached hydrogens (tertiary/aromatic N) is 4. The smallest absolute Gasteiger partial charge is 0.167 e. The second-order valence-electron chi connectivity index (χ2n) is 5.97. The number of hydrogen-bond donors (Lipinski definition) is 0. The lowest BCUT2D eigenvalue weighted by atomic mass is 9.72. The molecule has 0 bridgehead atoms. The number of nitriles is 2. The summed E-state index contributed by atoms with van der Waals surface area (Å²) in [6, 6.07) is 4.56. The summed E-state index contributed by atoms with van der Waals surface area (Å²) in [7, 11) is 0. The van der Waals surface area contributed by atoms with Gasteiger partial charge in [-0.05, 0) is 51.4 Å². The van der Waals surface area contributed by atoms with E-state index in [2.05, 4.69) is 22.4 Å². The normalized spacial score (nSPS) is 27.3. The average Bonchev–Trinajstić information content (AvgIpc) is 2.21. The van der Waals surface area contributed by atoms with Crippen LogP contribution in [0.3, 0.4) is 0 Å². The predicted molar refractivity (Wildman–Crippen MR) is 67.6 cm³/mol. The molecule has 0 aromatic carbocycles. The van der Waals surface area contributed by atoms with Crippen LogP contribution in [0.25, 0.3) is 0 Å². The summed E-state index contributed by atoms with van der Waals surface area (Å²) in [5, 5.41) is 27.2. The first-order chi connectivity index (χ1) is 8.54. The standard InChI is InChI=1S/C14H20N4/c1-13(9-15,11-5-3-6-11)17-18-14(2,10-16)12-7-4-8-12/h11-12H,3-8H2,1-2H3. The van der Waals surface area contributed by atoms with E-state index in [0.29, 0.717) is 11.8 Å². The van der Waals surface area contributed by atoms with Crippen molar-refractivity contribution in [3.8, 4) is 12.1 Å². The van der Waals surface area contributed by atoms with E-state index in [-0.39, 0.29) is 0 Å². The molecular weight excluding hydrogens is 224 g/mol. The van der Waals surface area contributed by atoms with Crippen LogP contribution in [0.15, 0.2) is 10.2 Å². The highest BCUT2D eigenvalue weighted by molar-refractivity contribution is 5.13. The largest absolute Gasteiger partial charge is 0.196 e. The molecule has 0 spiro atoms. The minimum atomic E-state index is -0.736. The molecule has 2 atom stereocenters. The van der Waals surface area contributed by atoms with E-state index in [1.807, 2.05) is 13.8 Å². The Labute approximate surface area is 109 Å². The lowest BCUT2D eigenvalue weighted by Gasteiger charge is -2.37. The lowest BCUT2D eigenvalue weighted by molar-refractivity contribution is 0.193. The summed E-state index contributed by atoms with van der Waals surface area (Å²) < 4.78 is 0. The van der Waals surface area contributed by atoms with Gasteiger partial charge in [-0.25, -0.2) is 0 Å². The maximum absolute atomic E-state index is 9.31. The van der Waals surface area contributed by atoms with E-state index in [0.717, 1.165) is 25.7 Å². The third-order valence-electron chi connectivity index (χ3n) is 4.72. The summed E-state index contributed by atoms with van der Waals surface area (Å²) in [6.07, 6.45) is 6.56. The Morgan fingerprint density at radius 1 is 0.833 bits per heavy atom. The second-order valence-corrected chi connectivity index (χ2v) is 5.97. The molecule has 0 aromatic heterocycles. The molecule has 2 aliphatic rings. The predicted octanol–water partition coefficient (Wildman–Crippen LogP) is 3.60. The topological polar surface area (TPSA) is 72.3 Å². The van der Waals surface area contributed by atoms with Gasteiger partial charge in [-0.2, -0.15) is 20.8 Å². The van der Waals surface area contributed by atoms with E-state index >= 15 is 0 Å². The molecule has 2 fully saturated rings. The molecule has 0 amide bonds. The monoisotopic (exact) mass is 244 g/mol. The van der Waals surface area contributed by atoms with Crippen LogP contribution < -0.4 is 0 Å². The van der Waals surface area contributed by atoms with Crippen LogP contribution >= 0.6 is 0 Å². The zero-order valence-electron chi connectivity index (χ0n) is 11.2. The molecule has 0 aromatic rings. The summed E-state index contributed by atoms with van der Waals surface area (Å²) >= 11 is 0. The Bertz CT molecular complexity index is 382. The third kappa shape index (κ3) is 2.12. The molecule has 4 nitrogen and oxygen atoms in total. The Morgan fingerprint density at radius 2 is 1.17 bits per heavy atom. The molecule has 2 unspecified atom stereocenters. The maximum atomic E-state index is 9.31. The van der Waals surface area contributed by atoms with Crippen molar-refractivity contribution in [2.45, 2.75) is 63.5 Å². The van der Waals surface area contributed by atoms with Gasteiger partial charge < -0.3 is 0 Å². The quantitative estimate of drug-likeness (QED) is 0.709. The van der Waals surface area contributed by atoms with Crippen molar-refractivity contribution in [2.75, 3.05) is 0 Å². The van der Waals surface area contributed by atoms with E-state index in [9.17, 15) is 10.5 Å². The summed E-state index contributed by atoms with van der Waals surface area (Å²) in [5.74, 6) is 0.631. The molecule has 0 aliphatic heterocycles. The molecular formula is C14H20N4. The van der Waals surface area contributed by atoms with Gasteiger partial charge in [-0.15, -0.1) is 0 Å². The molecule has 2 aliphatic carbocycles. The van der Waals surface area contributed by atoms with E-state index in [4.69, 9.17) is 0 Å². The van der Waals surface area contributed by atoms with Gasteiger partial charge in [0, 0.05) is 0 Å². The maximum Gasteiger partial charge on any atom is 0.167 e. The zero-order chi connectivity index (χ0) is 13.2. The van der Waals surface area contributed by atoms with Crippen molar-refractivity contribution >= 4 is 0 Å². The highest BCUT2D eigenvalue weighted by Gasteiger charge is 2.42. The molecule has 0 heterocycles. The highest BCUT2D eigenvalue weighted by atomic mass is 15.2. The third-order valence-corrected chi connectivity index (χ3v) is 4.72. The zero-order valence-corrected chi connectivity index (χ0v) is 11.2. The summed E-state index contributed by atoms with van der Waals surface area (Å²) in [5.41, 5.74) is -1.47. The van der Waals surface area contributed by atoms with Gasteiger partial charge in [0.05, 0.1) is 12.1 Å². The molecule has 18 heavy (non-hydrogen) atoms. The van der Waals surface area contributed by atoms with E-state index in [1.165, 1.54) is 12.8 Å². The number of azo groups is 1. The van der Waals surface area contributed by atoms with Crippen LogP contribution in [0.2, 0.25) is 0 Å². The van der Waals surface area contributed by atoms with Gasteiger partial charge in [0.1, 0.15) is 0 Å². The van der Waals surface area contributed by atoms with Crippen molar-refractivity contribution in [1.29, 1.82) is 10.5 Å². The molecule has 96 valence electrons. The molecule has 0 radical (unpaired) electrons. The highest BCUT2D eigenvalue weighted by Crippen LogP contribution is 2.41. The molecule has 0 saturated heterocycles. The molecule has 2 rings (SSSR count). The summed E-state index contributed by atoms with van der Waals surface area (Å²) in [6.45, 7) is 3.69. The van der Waals surface area contributed by atoms with Crippen LogP contribution in [0.4, 0.5) is 0 Å². The number of rotatable bonds is 4. The lowest BCUT2D eigenvalue weighted by Crippen LogP contribution is -2.39. The van der Waals surface area contributed by atoms with Crippen molar-refractivity contribution < 1.29 is 0 Å². The van der Waals surface area contributed by atoms with Gasteiger partial charge in [0.2, 0.25) is 0 Å². The molecule has 0 N–H and O–H groups in total. The Kier molecular flexibility index (Phi) is 3.39. The minimum absolute atomic E-state index is 0.315. The first-order valence-electron chi connectivity index (χ1n) is 6.80. The van der Waals surface area contributed by atoms with Crippen LogP contribution in [-0.4, -0.2) is 11.1 Å². The Hall–Kier alpha value is -1.42. The van der Waals surface area contributed by atoms with Crippen molar-refractivity contribution in [2.24, 2.45) is 22.1 Å². The molecule has 4 heteroatoms. The summed E-state index contributed by atoms with van der Waals surface area (Å²) in [4.78, 5) is 0. The Morgan fingerprint density at radius 3 is 1.33 bits per heavy atom. The Balaban J connectivity index is 2.12. The van der Waals surface area contributed by atoms with E-state index in [1.54, 1.807) is 0 Å². The van der Waals surface area contributed by atoms with Crippen molar-refractivity contribution in [1.82, 2.24) is 0 Å². The fourth-order valence-electron chi connectivity index (χ4n) is 2.54. The SMILES string of the molecule is CC(C#N)(N=NC(C)(C#N)C1CCC1)C1CCC1.